The molecule has 1 amide bonds. The van der Waals surface area contributed by atoms with Gasteiger partial charge in [0, 0.05) is 36.0 Å². The van der Waals surface area contributed by atoms with Gasteiger partial charge >= 0.3 is 0 Å². The fourth-order valence-electron chi connectivity index (χ4n) is 2.62. The third-order valence-electron chi connectivity index (χ3n) is 4.06. The summed E-state index contributed by atoms with van der Waals surface area (Å²) in [5.74, 6) is 0.597. The van der Waals surface area contributed by atoms with Gasteiger partial charge in [-0.1, -0.05) is 0 Å². The van der Waals surface area contributed by atoms with Crippen molar-refractivity contribution in [3.8, 4) is 5.75 Å². The highest BCUT2D eigenvalue weighted by Crippen LogP contribution is 2.29. The van der Waals surface area contributed by atoms with Gasteiger partial charge < -0.3 is 4.74 Å². The maximum Gasteiger partial charge on any atom is 0.257 e. The molecule has 3 rings (SSSR count). The number of aromatic nitrogens is 1. The molecule has 0 saturated carbocycles. The van der Waals surface area contributed by atoms with E-state index in [9.17, 15) is 4.79 Å². The van der Waals surface area contributed by atoms with Crippen LogP contribution in [-0.4, -0.2) is 35.5 Å². The lowest BCUT2D eigenvalue weighted by atomic mass is 10.1. The van der Waals surface area contributed by atoms with Crippen LogP contribution in [0.5, 0.6) is 5.75 Å². The largest absolute Gasteiger partial charge is 0.497 e. The molecule has 1 aliphatic heterocycles. The Kier molecular flexibility index (Phi) is 4.63. The van der Waals surface area contributed by atoms with Crippen molar-refractivity contribution in [2.75, 3.05) is 19.0 Å². The van der Waals surface area contributed by atoms with E-state index in [4.69, 9.17) is 4.74 Å². The van der Waals surface area contributed by atoms with E-state index in [0.717, 1.165) is 31.0 Å². The highest BCUT2D eigenvalue weighted by molar-refractivity contribution is 7.15. The number of fused-ring (bicyclic) bond motifs is 1. The monoisotopic (exact) mass is 331 g/mol. The summed E-state index contributed by atoms with van der Waals surface area (Å²) in [5, 5.41) is 3.59. The molecule has 1 N–H and O–H groups in total. The Balaban J connectivity index is 1.70. The first-order valence-corrected chi connectivity index (χ1v) is 8.56. The zero-order valence-electron chi connectivity index (χ0n) is 13.6. The number of nitrogens with zero attached hydrogens (tertiary/aromatic N) is 2. The van der Waals surface area contributed by atoms with Crippen molar-refractivity contribution in [3.05, 3.63) is 40.4 Å². The van der Waals surface area contributed by atoms with Crippen LogP contribution < -0.4 is 10.1 Å². The van der Waals surface area contributed by atoms with Gasteiger partial charge in [-0.2, -0.15) is 0 Å². The lowest BCUT2D eigenvalue weighted by molar-refractivity contribution is 0.102. The molecule has 1 aromatic heterocycles. The van der Waals surface area contributed by atoms with E-state index in [2.05, 4.69) is 29.0 Å². The number of hydrogen-bond acceptors (Lipinski definition) is 5. The highest BCUT2D eigenvalue weighted by Gasteiger charge is 2.22. The van der Waals surface area contributed by atoms with Crippen LogP contribution >= 0.6 is 11.3 Å². The van der Waals surface area contributed by atoms with E-state index < -0.39 is 0 Å². The molecule has 0 atom stereocenters. The minimum Gasteiger partial charge on any atom is -0.497 e. The Morgan fingerprint density at radius 2 is 2.09 bits per heavy atom. The number of amides is 1. The second kappa shape index (κ2) is 6.68. The summed E-state index contributed by atoms with van der Waals surface area (Å²) >= 11 is 1.58. The number of nitrogens with one attached hydrogen (secondary N) is 1. The summed E-state index contributed by atoms with van der Waals surface area (Å²) in [4.78, 5) is 20.6. The van der Waals surface area contributed by atoms with E-state index in [1.165, 1.54) is 4.88 Å². The molecule has 122 valence electrons. The van der Waals surface area contributed by atoms with E-state index in [-0.39, 0.29) is 5.91 Å². The van der Waals surface area contributed by atoms with Gasteiger partial charge in [-0.15, -0.1) is 11.3 Å². The molecule has 0 unspecified atom stereocenters. The maximum absolute atomic E-state index is 12.3. The second-order valence-electron chi connectivity index (χ2n) is 5.89. The molecule has 0 saturated heterocycles. The van der Waals surface area contributed by atoms with Gasteiger partial charge in [0.15, 0.2) is 5.13 Å². The summed E-state index contributed by atoms with van der Waals surface area (Å²) in [7, 11) is 1.61. The van der Waals surface area contributed by atoms with Crippen LogP contribution in [0, 0.1) is 0 Å². The van der Waals surface area contributed by atoms with E-state index >= 15 is 0 Å². The van der Waals surface area contributed by atoms with E-state index in [1.807, 2.05) is 0 Å². The van der Waals surface area contributed by atoms with Crippen LogP contribution in [0.4, 0.5) is 5.13 Å². The van der Waals surface area contributed by atoms with Crippen LogP contribution in [0.25, 0.3) is 0 Å². The normalized spacial score (nSPS) is 14.6. The molecule has 2 heterocycles. The van der Waals surface area contributed by atoms with Gasteiger partial charge in [0.1, 0.15) is 5.75 Å². The number of ether oxygens (including phenoxy) is 1. The Morgan fingerprint density at radius 3 is 2.74 bits per heavy atom. The fraction of sp³-hybridized carbons (Fsp3) is 0.412. The SMILES string of the molecule is COc1ccc(C(=O)Nc2nc3c(s2)CN(C(C)C)CC3)cc1. The topological polar surface area (TPSA) is 54.5 Å². The summed E-state index contributed by atoms with van der Waals surface area (Å²) in [6.45, 7) is 6.36. The van der Waals surface area contributed by atoms with Crippen molar-refractivity contribution < 1.29 is 9.53 Å². The third-order valence-corrected chi connectivity index (χ3v) is 5.06. The van der Waals surface area contributed by atoms with Crippen LogP contribution in [0.3, 0.4) is 0 Å². The number of thiazole rings is 1. The molecule has 0 bridgehead atoms. The van der Waals surface area contributed by atoms with Gasteiger partial charge in [-0.25, -0.2) is 4.98 Å². The molecule has 2 aromatic rings. The first-order valence-electron chi connectivity index (χ1n) is 7.75. The van der Waals surface area contributed by atoms with Crippen molar-refractivity contribution in [1.29, 1.82) is 0 Å². The van der Waals surface area contributed by atoms with E-state index in [1.54, 1.807) is 42.7 Å². The Hall–Kier alpha value is -1.92. The minimum absolute atomic E-state index is 0.139. The lowest BCUT2D eigenvalue weighted by Crippen LogP contribution is -2.35. The third kappa shape index (κ3) is 3.54. The highest BCUT2D eigenvalue weighted by atomic mass is 32.1. The number of benzene rings is 1. The molecule has 1 aromatic carbocycles. The molecule has 6 heteroatoms. The van der Waals surface area contributed by atoms with Gasteiger partial charge in [0.2, 0.25) is 0 Å². The maximum atomic E-state index is 12.3. The summed E-state index contributed by atoms with van der Waals surface area (Å²) < 4.78 is 5.10. The van der Waals surface area contributed by atoms with Gasteiger partial charge in [0.05, 0.1) is 12.8 Å². The zero-order valence-corrected chi connectivity index (χ0v) is 14.4. The van der Waals surface area contributed by atoms with Crippen LogP contribution in [0.1, 0.15) is 34.8 Å². The molecular formula is C17H21N3O2S. The van der Waals surface area contributed by atoms with Gasteiger partial charge in [-0.05, 0) is 38.1 Å². The zero-order chi connectivity index (χ0) is 16.4. The first-order chi connectivity index (χ1) is 11.1. The Morgan fingerprint density at radius 1 is 1.35 bits per heavy atom. The molecule has 1 aliphatic rings. The molecule has 0 spiro atoms. The average molecular weight is 331 g/mol. The first kappa shape index (κ1) is 16.0. The number of methoxy groups -OCH3 is 1. The standard InChI is InChI=1S/C17H21N3O2S/c1-11(2)20-9-8-14-15(10-20)23-17(18-14)19-16(21)12-4-6-13(22-3)7-5-12/h4-7,11H,8-10H2,1-3H3,(H,18,19,21). The number of carbonyl (C=O) groups is 1. The molecular weight excluding hydrogens is 310 g/mol. The smallest absolute Gasteiger partial charge is 0.257 e. The van der Waals surface area contributed by atoms with Gasteiger partial charge in [0.25, 0.3) is 5.91 Å². The molecule has 0 radical (unpaired) electrons. The lowest BCUT2D eigenvalue weighted by Gasteiger charge is -2.29. The predicted octanol–water partition coefficient (Wildman–Crippen LogP) is 3.17. The van der Waals surface area contributed by atoms with Gasteiger partial charge in [-0.3, -0.25) is 15.0 Å². The van der Waals surface area contributed by atoms with E-state index in [0.29, 0.717) is 16.7 Å². The minimum atomic E-state index is -0.139. The summed E-state index contributed by atoms with van der Waals surface area (Å²) in [5.41, 5.74) is 1.72. The number of anilines is 1. The van der Waals surface area contributed by atoms with Crippen LogP contribution in [0.2, 0.25) is 0 Å². The fourth-order valence-corrected chi connectivity index (χ4v) is 3.65. The Bertz CT molecular complexity index is 694. The summed E-state index contributed by atoms with van der Waals surface area (Å²) in [6.07, 6.45) is 0.947. The molecule has 23 heavy (non-hydrogen) atoms. The molecule has 0 aliphatic carbocycles. The average Bonchev–Trinajstić information content (AvgIpc) is 2.96. The number of hydrogen-bond donors (Lipinski definition) is 1. The number of rotatable bonds is 4. The summed E-state index contributed by atoms with van der Waals surface area (Å²) in [6, 6.07) is 7.59. The molecule has 0 fully saturated rings. The Labute approximate surface area is 140 Å². The number of carbonyl (C=O) groups excluding carboxylic acids is 1. The quantitative estimate of drug-likeness (QED) is 0.935. The van der Waals surface area contributed by atoms with Crippen LogP contribution in [0.15, 0.2) is 24.3 Å². The van der Waals surface area contributed by atoms with Crippen molar-refractivity contribution in [2.24, 2.45) is 0 Å². The molecule has 5 nitrogen and oxygen atoms in total. The van der Waals surface area contributed by atoms with Crippen molar-refractivity contribution in [1.82, 2.24) is 9.88 Å². The van der Waals surface area contributed by atoms with Crippen LogP contribution in [-0.2, 0) is 13.0 Å². The second-order valence-corrected chi connectivity index (χ2v) is 6.97. The predicted molar refractivity (Wildman–Crippen MR) is 92.3 cm³/mol. The van der Waals surface area contributed by atoms with Crippen molar-refractivity contribution >= 4 is 22.4 Å². The van der Waals surface area contributed by atoms with Crippen molar-refractivity contribution in [2.45, 2.75) is 32.9 Å². The van der Waals surface area contributed by atoms with Crippen molar-refractivity contribution in [3.63, 3.8) is 0 Å².